The molecule has 2 N–H and O–H groups in total. The predicted molar refractivity (Wildman–Crippen MR) is 84.4 cm³/mol. The van der Waals surface area contributed by atoms with E-state index >= 15 is 0 Å². The van der Waals surface area contributed by atoms with Crippen molar-refractivity contribution in [2.75, 3.05) is 26.0 Å². The van der Waals surface area contributed by atoms with Gasteiger partial charge in [0.05, 0.1) is 0 Å². The van der Waals surface area contributed by atoms with Gasteiger partial charge in [0.1, 0.15) is 0 Å². The lowest BCUT2D eigenvalue weighted by molar-refractivity contribution is 0.145. The molecular formula is C13H26N2OS2. The average Bonchev–Trinajstić information content (AvgIpc) is 2.39. The minimum absolute atomic E-state index is 0.542. The first-order valence-corrected chi connectivity index (χ1v) is 8.62. The largest absolute Gasteiger partial charge is 0.382 e. The first-order chi connectivity index (χ1) is 8.77. The Kier molecular flexibility index (Phi) is 8.80. The van der Waals surface area contributed by atoms with Gasteiger partial charge in [-0.3, -0.25) is 0 Å². The van der Waals surface area contributed by atoms with Crippen LogP contribution in [-0.4, -0.2) is 42.4 Å². The molecule has 2 unspecified atom stereocenters. The molecule has 0 bridgehead atoms. The van der Waals surface area contributed by atoms with E-state index in [9.17, 15) is 0 Å². The molecule has 0 aromatic carbocycles. The maximum atomic E-state index is 5.34. The molecule has 1 rings (SSSR count). The molecule has 3 nitrogen and oxygen atoms in total. The highest BCUT2D eigenvalue weighted by molar-refractivity contribution is 7.99. The lowest BCUT2D eigenvalue weighted by atomic mass is 9.95. The Morgan fingerprint density at radius 2 is 2.17 bits per heavy atom. The fraction of sp³-hybridized carbons (Fsp3) is 0.923. The quantitative estimate of drug-likeness (QED) is 0.556. The highest BCUT2D eigenvalue weighted by atomic mass is 32.2. The van der Waals surface area contributed by atoms with Crippen molar-refractivity contribution in [2.24, 2.45) is 0 Å². The van der Waals surface area contributed by atoms with Crippen LogP contribution in [0.4, 0.5) is 0 Å². The monoisotopic (exact) mass is 290 g/mol. The average molecular weight is 290 g/mol. The van der Waals surface area contributed by atoms with Crippen LogP contribution in [0.3, 0.4) is 0 Å². The number of ether oxygens (including phenoxy) is 1. The predicted octanol–water partition coefficient (Wildman–Crippen LogP) is 2.55. The van der Waals surface area contributed by atoms with Gasteiger partial charge in [-0.25, -0.2) is 0 Å². The van der Waals surface area contributed by atoms with E-state index in [1.54, 1.807) is 0 Å². The first kappa shape index (κ1) is 16.1. The Morgan fingerprint density at radius 3 is 2.89 bits per heavy atom. The van der Waals surface area contributed by atoms with E-state index in [4.69, 9.17) is 17.0 Å². The van der Waals surface area contributed by atoms with Crippen molar-refractivity contribution in [1.29, 1.82) is 0 Å². The highest BCUT2D eigenvalue weighted by Gasteiger charge is 2.24. The highest BCUT2D eigenvalue weighted by Crippen LogP contribution is 2.26. The molecule has 0 amide bonds. The van der Waals surface area contributed by atoms with E-state index in [0.717, 1.165) is 31.3 Å². The number of nitrogens with one attached hydrogen (secondary N) is 2. The van der Waals surface area contributed by atoms with Gasteiger partial charge in [-0.15, -0.1) is 0 Å². The van der Waals surface area contributed by atoms with Crippen LogP contribution in [-0.2, 0) is 4.74 Å². The zero-order chi connectivity index (χ0) is 13.2. The molecule has 18 heavy (non-hydrogen) atoms. The van der Waals surface area contributed by atoms with E-state index in [1.807, 2.05) is 18.7 Å². The summed E-state index contributed by atoms with van der Waals surface area (Å²) in [5.74, 6) is 0. The Morgan fingerprint density at radius 1 is 1.39 bits per heavy atom. The molecule has 1 saturated carbocycles. The summed E-state index contributed by atoms with van der Waals surface area (Å²) in [5, 5.41) is 8.25. The fourth-order valence-electron chi connectivity index (χ4n) is 2.28. The van der Waals surface area contributed by atoms with Gasteiger partial charge in [-0.1, -0.05) is 12.8 Å². The summed E-state index contributed by atoms with van der Waals surface area (Å²) in [4.78, 5) is 0. The van der Waals surface area contributed by atoms with Crippen molar-refractivity contribution < 1.29 is 4.74 Å². The fourth-order valence-corrected chi connectivity index (χ4v) is 3.47. The SMILES string of the molecule is CCOCCCNC(=S)NC1CCCCC1SC. The number of hydrogen-bond donors (Lipinski definition) is 2. The van der Waals surface area contributed by atoms with Crippen LogP contribution in [0.25, 0.3) is 0 Å². The Labute approximate surface area is 121 Å². The van der Waals surface area contributed by atoms with Gasteiger partial charge < -0.3 is 15.4 Å². The van der Waals surface area contributed by atoms with E-state index in [2.05, 4.69) is 16.9 Å². The zero-order valence-corrected chi connectivity index (χ0v) is 13.2. The van der Waals surface area contributed by atoms with Gasteiger partial charge >= 0.3 is 0 Å². The Hall–Kier alpha value is 0. The smallest absolute Gasteiger partial charge is 0.166 e. The van der Waals surface area contributed by atoms with Crippen molar-refractivity contribution in [3.05, 3.63) is 0 Å². The van der Waals surface area contributed by atoms with Gasteiger partial charge in [0, 0.05) is 31.1 Å². The van der Waals surface area contributed by atoms with Crippen molar-refractivity contribution in [3.63, 3.8) is 0 Å². The van der Waals surface area contributed by atoms with E-state index in [-0.39, 0.29) is 0 Å². The van der Waals surface area contributed by atoms with Gasteiger partial charge in [-0.05, 0) is 44.7 Å². The second kappa shape index (κ2) is 9.87. The standard InChI is InChI=1S/C13H26N2OS2/c1-3-16-10-6-9-14-13(17)15-11-7-4-5-8-12(11)18-2/h11-12H,3-10H2,1-2H3,(H2,14,15,17). The molecule has 5 heteroatoms. The molecular weight excluding hydrogens is 264 g/mol. The summed E-state index contributed by atoms with van der Waals surface area (Å²) < 4.78 is 5.29. The molecule has 106 valence electrons. The summed E-state index contributed by atoms with van der Waals surface area (Å²) >= 11 is 7.30. The van der Waals surface area contributed by atoms with E-state index in [0.29, 0.717) is 11.3 Å². The summed E-state index contributed by atoms with van der Waals surface area (Å²) in [5.41, 5.74) is 0. The van der Waals surface area contributed by atoms with Crippen molar-refractivity contribution in [2.45, 2.75) is 50.3 Å². The second-order valence-corrected chi connectivity index (χ2v) is 6.10. The second-order valence-electron chi connectivity index (χ2n) is 4.62. The normalized spacial score (nSPS) is 23.7. The molecule has 0 heterocycles. The number of thioether (sulfide) groups is 1. The molecule has 0 aromatic rings. The number of thiocarbonyl (C=S) groups is 1. The zero-order valence-electron chi connectivity index (χ0n) is 11.5. The molecule has 0 radical (unpaired) electrons. The summed E-state index contributed by atoms with van der Waals surface area (Å²) in [7, 11) is 0. The topological polar surface area (TPSA) is 33.3 Å². The summed E-state index contributed by atoms with van der Waals surface area (Å²) in [6, 6.07) is 0.542. The van der Waals surface area contributed by atoms with Crippen molar-refractivity contribution in [3.8, 4) is 0 Å². The van der Waals surface area contributed by atoms with Crippen LogP contribution < -0.4 is 10.6 Å². The lowest BCUT2D eigenvalue weighted by Crippen LogP contribution is -2.48. The molecule has 0 saturated heterocycles. The maximum Gasteiger partial charge on any atom is 0.166 e. The van der Waals surface area contributed by atoms with Crippen LogP contribution in [0.2, 0.25) is 0 Å². The summed E-state index contributed by atoms with van der Waals surface area (Å²) in [6.45, 7) is 4.51. The Bertz CT molecular complexity index is 239. The molecule has 0 aliphatic heterocycles. The van der Waals surface area contributed by atoms with Gasteiger partial charge in [0.25, 0.3) is 0 Å². The third-order valence-electron chi connectivity index (χ3n) is 3.28. The van der Waals surface area contributed by atoms with Crippen LogP contribution in [0, 0.1) is 0 Å². The Balaban J connectivity index is 2.14. The number of rotatable bonds is 7. The van der Waals surface area contributed by atoms with Crippen LogP contribution >= 0.6 is 24.0 Å². The van der Waals surface area contributed by atoms with Gasteiger partial charge in [0.2, 0.25) is 0 Å². The van der Waals surface area contributed by atoms with Crippen LogP contribution in [0.15, 0.2) is 0 Å². The minimum Gasteiger partial charge on any atom is -0.382 e. The van der Waals surface area contributed by atoms with Crippen LogP contribution in [0.5, 0.6) is 0 Å². The summed E-state index contributed by atoms with van der Waals surface area (Å²) in [6.07, 6.45) is 8.44. The minimum atomic E-state index is 0.542. The molecule has 1 aliphatic rings. The van der Waals surface area contributed by atoms with Gasteiger partial charge in [-0.2, -0.15) is 11.8 Å². The molecule has 2 atom stereocenters. The molecule has 0 spiro atoms. The third-order valence-corrected chi connectivity index (χ3v) is 4.71. The van der Waals surface area contributed by atoms with Crippen LogP contribution in [0.1, 0.15) is 39.0 Å². The molecule has 1 fully saturated rings. The first-order valence-electron chi connectivity index (χ1n) is 6.92. The molecule has 0 aromatic heterocycles. The van der Waals surface area contributed by atoms with E-state index < -0.39 is 0 Å². The van der Waals surface area contributed by atoms with Gasteiger partial charge in [0.15, 0.2) is 5.11 Å². The lowest BCUT2D eigenvalue weighted by Gasteiger charge is -2.31. The third kappa shape index (κ3) is 6.25. The van der Waals surface area contributed by atoms with E-state index in [1.165, 1.54) is 25.7 Å². The van der Waals surface area contributed by atoms with Crippen molar-refractivity contribution >= 4 is 29.1 Å². The molecule has 1 aliphatic carbocycles. The van der Waals surface area contributed by atoms with Crippen molar-refractivity contribution in [1.82, 2.24) is 10.6 Å². The number of hydrogen-bond acceptors (Lipinski definition) is 3. The maximum absolute atomic E-state index is 5.34.